The molecule has 0 aliphatic heterocycles. The Labute approximate surface area is 133 Å². The van der Waals surface area contributed by atoms with E-state index in [-0.39, 0.29) is 0 Å². The molecular weight excluding hydrogens is 284 g/mol. The van der Waals surface area contributed by atoms with Gasteiger partial charge in [-0.25, -0.2) is 0 Å². The molecule has 0 fully saturated rings. The second-order valence-corrected chi connectivity index (χ2v) is 11.5. The number of hydrogen-bond donors (Lipinski definition) is 0. The van der Waals surface area contributed by atoms with Gasteiger partial charge in [-0.05, 0) is 25.9 Å². The van der Waals surface area contributed by atoms with Crippen LogP contribution in [-0.2, 0) is 4.43 Å². The molecule has 122 valence electrons. The zero-order valence-corrected chi connectivity index (χ0v) is 16.1. The van der Waals surface area contributed by atoms with Gasteiger partial charge in [-0.1, -0.05) is 71.6 Å². The van der Waals surface area contributed by atoms with E-state index in [1.165, 1.54) is 70.6 Å². The van der Waals surface area contributed by atoms with Gasteiger partial charge in [0, 0.05) is 11.6 Å². The number of alkyl halides is 1. The second kappa shape index (κ2) is 13.2. The second-order valence-electron chi connectivity index (χ2n) is 6.69. The fraction of sp³-hybridized carbons (Fsp3) is 1.00. The first-order valence-electron chi connectivity index (χ1n) is 8.79. The zero-order valence-electron chi connectivity index (χ0n) is 14.3. The lowest BCUT2D eigenvalue weighted by Gasteiger charge is -2.27. The summed E-state index contributed by atoms with van der Waals surface area (Å²) >= 11 is 6.02. The molecule has 0 radical (unpaired) electrons. The molecule has 0 rings (SSSR count). The van der Waals surface area contributed by atoms with Crippen LogP contribution in [0, 0.1) is 0 Å². The maximum absolute atomic E-state index is 6.29. The van der Waals surface area contributed by atoms with Crippen LogP contribution in [0.1, 0.15) is 84.5 Å². The van der Waals surface area contributed by atoms with Crippen LogP contribution in [0.5, 0.6) is 0 Å². The summed E-state index contributed by atoms with van der Waals surface area (Å²) in [4.78, 5) is 0. The Morgan fingerprint density at radius 1 is 0.800 bits per heavy atom. The highest BCUT2D eigenvalue weighted by Crippen LogP contribution is 2.19. The molecule has 20 heavy (non-hydrogen) atoms. The molecule has 0 saturated carbocycles. The minimum Gasteiger partial charge on any atom is -0.413 e. The van der Waals surface area contributed by atoms with Crippen LogP contribution < -0.4 is 0 Å². The maximum Gasteiger partial charge on any atom is 0.201 e. The zero-order chi connectivity index (χ0) is 15.3. The third-order valence-corrected chi connectivity index (χ3v) is 7.34. The standard InChI is InChI=1S/C17H37ClOSi/c1-5-7-8-9-10-11-12-13-15-17(14-6-2)19-20(3,4)16-18/h17H,5-16H2,1-4H3. The SMILES string of the molecule is CCCCCCCCCCC(CCC)O[Si](C)(C)CCl. The van der Waals surface area contributed by atoms with Crippen molar-refractivity contribution in [3.63, 3.8) is 0 Å². The fourth-order valence-corrected chi connectivity index (χ4v) is 3.96. The lowest BCUT2D eigenvalue weighted by atomic mass is 10.0. The monoisotopic (exact) mass is 320 g/mol. The van der Waals surface area contributed by atoms with E-state index < -0.39 is 8.32 Å². The normalized spacial score (nSPS) is 13.7. The highest BCUT2D eigenvalue weighted by atomic mass is 35.5. The largest absolute Gasteiger partial charge is 0.413 e. The van der Waals surface area contributed by atoms with E-state index in [4.69, 9.17) is 16.0 Å². The molecule has 3 heteroatoms. The first kappa shape index (κ1) is 20.5. The molecule has 0 aromatic carbocycles. The fourth-order valence-electron chi connectivity index (χ4n) is 2.57. The van der Waals surface area contributed by atoms with E-state index in [9.17, 15) is 0 Å². The summed E-state index contributed by atoms with van der Waals surface area (Å²) in [6.07, 6.45) is 15.2. The predicted octanol–water partition coefficient (Wildman–Crippen LogP) is 6.69. The average molecular weight is 321 g/mol. The molecule has 1 nitrogen and oxygen atoms in total. The van der Waals surface area contributed by atoms with E-state index in [0.717, 1.165) is 0 Å². The first-order valence-corrected chi connectivity index (χ1v) is 12.4. The molecule has 0 amide bonds. The number of hydrogen-bond acceptors (Lipinski definition) is 1. The minimum atomic E-state index is -1.60. The molecular formula is C17H37ClOSi. The van der Waals surface area contributed by atoms with Crippen molar-refractivity contribution in [2.45, 2.75) is 104 Å². The Morgan fingerprint density at radius 3 is 1.85 bits per heavy atom. The van der Waals surface area contributed by atoms with Gasteiger partial charge in [-0.15, -0.1) is 11.6 Å². The minimum absolute atomic E-state index is 0.459. The number of unbranched alkanes of at least 4 members (excludes halogenated alkanes) is 7. The van der Waals surface area contributed by atoms with E-state index >= 15 is 0 Å². The molecule has 0 bridgehead atoms. The molecule has 1 atom stereocenters. The van der Waals surface area contributed by atoms with Gasteiger partial charge in [0.25, 0.3) is 0 Å². The molecule has 0 aliphatic rings. The van der Waals surface area contributed by atoms with Gasteiger partial charge < -0.3 is 4.43 Å². The Morgan fingerprint density at radius 2 is 1.35 bits per heavy atom. The third-order valence-electron chi connectivity index (χ3n) is 3.80. The first-order chi connectivity index (χ1) is 9.55. The van der Waals surface area contributed by atoms with Crippen LogP contribution in [0.25, 0.3) is 0 Å². The lowest BCUT2D eigenvalue weighted by molar-refractivity contribution is 0.168. The van der Waals surface area contributed by atoms with Crippen LogP contribution >= 0.6 is 11.6 Å². The van der Waals surface area contributed by atoms with Crippen LogP contribution in [0.15, 0.2) is 0 Å². The summed E-state index contributed by atoms with van der Waals surface area (Å²) in [6.45, 7) is 8.99. The Bertz CT molecular complexity index is 209. The summed E-state index contributed by atoms with van der Waals surface area (Å²) in [5, 5.41) is 0. The predicted molar refractivity (Wildman–Crippen MR) is 95.2 cm³/mol. The van der Waals surface area contributed by atoms with Gasteiger partial charge in [0.15, 0.2) is 0 Å². The van der Waals surface area contributed by atoms with Gasteiger partial charge in [0.05, 0.1) is 0 Å². The molecule has 0 aliphatic carbocycles. The van der Waals surface area contributed by atoms with Crippen molar-refractivity contribution >= 4 is 19.9 Å². The summed E-state index contributed by atoms with van der Waals surface area (Å²) in [5.74, 6) is 0. The molecule has 0 N–H and O–H groups in total. The van der Waals surface area contributed by atoms with E-state index in [1.54, 1.807) is 0 Å². The summed E-state index contributed by atoms with van der Waals surface area (Å²) in [6, 6.07) is 0. The Hall–Kier alpha value is 0.467. The van der Waals surface area contributed by atoms with Gasteiger partial charge in [0.1, 0.15) is 0 Å². The summed E-state index contributed by atoms with van der Waals surface area (Å²) in [7, 11) is -1.60. The van der Waals surface area contributed by atoms with Crippen LogP contribution in [-0.4, -0.2) is 19.9 Å². The van der Waals surface area contributed by atoms with Crippen molar-refractivity contribution in [1.82, 2.24) is 0 Å². The Balaban J connectivity index is 3.65. The van der Waals surface area contributed by atoms with Crippen molar-refractivity contribution in [2.75, 3.05) is 5.50 Å². The topological polar surface area (TPSA) is 9.23 Å². The quantitative estimate of drug-likeness (QED) is 0.197. The van der Waals surface area contributed by atoms with Crippen molar-refractivity contribution in [3.05, 3.63) is 0 Å². The maximum atomic E-state index is 6.29. The highest BCUT2D eigenvalue weighted by molar-refractivity contribution is 6.77. The summed E-state index contributed by atoms with van der Waals surface area (Å²) < 4.78 is 6.29. The molecule has 0 saturated heterocycles. The van der Waals surface area contributed by atoms with Crippen LogP contribution in [0.4, 0.5) is 0 Å². The van der Waals surface area contributed by atoms with Crippen LogP contribution in [0.2, 0.25) is 13.1 Å². The van der Waals surface area contributed by atoms with Gasteiger partial charge in [-0.2, -0.15) is 0 Å². The van der Waals surface area contributed by atoms with Crippen LogP contribution in [0.3, 0.4) is 0 Å². The van der Waals surface area contributed by atoms with Gasteiger partial charge in [-0.3, -0.25) is 0 Å². The van der Waals surface area contributed by atoms with Crippen molar-refractivity contribution in [3.8, 4) is 0 Å². The smallest absolute Gasteiger partial charge is 0.201 e. The molecule has 0 heterocycles. The van der Waals surface area contributed by atoms with Crippen molar-refractivity contribution in [2.24, 2.45) is 0 Å². The Kier molecular flexibility index (Phi) is 13.5. The third kappa shape index (κ3) is 12.2. The van der Waals surface area contributed by atoms with Crippen molar-refractivity contribution < 1.29 is 4.43 Å². The lowest BCUT2D eigenvalue weighted by Crippen LogP contribution is -2.37. The van der Waals surface area contributed by atoms with Gasteiger partial charge >= 0.3 is 0 Å². The van der Waals surface area contributed by atoms with E-state index in [2.05, 4.69) is 26.9 Å². The molecule has 0 spiro atoms. The van der Waals surface area contributed by atoms with E-state index in [1.807, 2.05) is 0 Å². The molecule has 0 aromatic rings. The van der Waals surface area contributed by atoms with Gasteiger partial charge in [0.2, 0.25) is 8.32 Å². The van der Waals surface area contributed by atoms with E-state index in [0.29, 0.717) is 11.6 Å². The number of rotatable bonds is 14. The number of halogens is 1. The average Bonchev–Trinajstić information content (AvgIpc) is 2.41. The molecule has 0 aromatic heterocycles. The highest BCUT2D eigenvalue weighted by Gasteiger charge is 2.25. The summed E-state index contributed by atoms with van der Waals surface area (Å²) in [5.41, 5.74) is 0.713. The van der Waals surface area contributed by atoms with Crippen molar-refractivity contribution in [1.29, 1.82) is 0 Å². The molecule has 1 unspecified atom stereocenters.